The van der Waals surface area contributed by atoms with Gasteiger partial charge in [0.15, 0.2) is 0 Å². The first-order chi connectivity index (χ1) is 11.3. The maximum atomic E-state index is 12.2. The average Bonchev–Trinajstić information content (AvgIpc) is 3.26. The number of nitrogens with zero attached hydrogens (tertiary/aromatic N) is 4. The van der Waals surface area contributed by atoms with Gasteiger partial charge in [0, 0.05) is 19.4 Å². The van der Waals surface area contributed by atoms with E-state index in [9.17, 15) is 4.79 Å². The fraction of sp³-hybridized carbons (Fsp3) is 0.467. The Morgan fingerprint density at radius 2 is 2.48 bits per heavy atom. The van der Waals surface area contributed by atoms with Crippen molar-refractivity contribution >= 4 is 17.2 Å². The van der Waals surface area contributed by atoms with E-state index in [0.29, 0.717) is 44.1 Å². The Morgan fingerprint density at radius 1 is 1.57 bits per heavy atom. The van der Waals surface area contributed by atoms with Crippen molar-refractivity contribution in [2.45, 2.75) is 25.3 Å². The second-order valence-corrected chi connectivity index (χ2v) is 6.10. The van der Waals surface area contributed by atoms with Crippen molar-refractivity contribution in [3.05, 3.63) is 23.4 Å². The number of aryl methyl sites for hydroxylation is 1. The third-order valence-corrected chi connectivity index (χ3v) is 4.45. The number of thiophene rings is 1. The van der Waals surface area contributed by atoms with Crippen molar-refractivity contribution in [3.63, 3.8) is 0 Å². The van der Waals surface area contributed by atoms with Gasteiger partial charge in [-0.2, -0.15) is 10.2 Å². The van der Waals surface area contributed by atoms with E-state index in [4.69, 9.17) is 14.5 Å². The molecule has 1 atom stereocenters. The first-order valence-electron chi connectivity index (χ1n) is 7.41. The van der Waals surface area contributed by atoms with Gasteiger partial charge in [0.2, 0.25) is 17.6 Å². The summed E-state index contributed by atoms with van der Waals surface area (Å²) in [6.07, 6.45) is 1.51. The molecule has 1 unspecified atom stereocenters. The molecule has 0 aliphatic carbocycles. The number of amides is 1. The summed E-state index contributed by atoms with van der Waals surface area (Å²) in [7, 11) is 0. The predicted octanol–water partition coefficient (Wildman–Crippen LogP) is 1.87. The maximum Gasteiger partial charge on any atom is 0.226 e. The topological polar surface area (TPSA) is 92.2 Å². The molecule has 0 spiro atoms. The van der Waals surface area contributed by atoms with Crippen molar-refractivity contribution < 1.29 is 14.1 Å². The van der Waals surface area contributed by atoms with Gasteiger partial charge in [-0.3, -0.25) is 4.79 Å². The molecule has 8 heteroatoms. The third-order valence-electron chi connectivity index (χ3n) is 3.59. The van der Waals surface area contributed by atoms with Gasteiger partial charge in [-0.1, -0.05) is 11.2 Å². The molecule has 0 N–H and O–H groups in total. The summed E-state index contributed by atoms with van der Waals surface area (Å²) < 4.78 is 10.4. The minimum atomic E-state index is -0.481. The lowest BCUT2D eigenvalue weighted by molar-refractivity contribution is -0.137. The van der Waals surface area contributed by atoms with Crippen LogP contribution < -0.4 is 0 Å². The molecule has 1 amide bonds. The Balaban J connectivity index is 1.49. The Bertz CT molecular complexity index is 692. The lowest BCUT2D eigenvalue weighted by Crippen LogP contribution is -2.47. The molecule has 2 aromatic rings. The fourth-order valence-corrected chi connectivity index (χ4v) is 3.06. The van der Waals surface area contributed by atoms with Crippen LogP contribution in [0.25, 0.3) is 10.7 Å². The number of carbonyl (C=O) groups excluding carboxylic acids is 1. The van der Waals surface area contributed by atoms with E-state index < -0.39 is 6.04 Å². The first kappa shape index (κ1) is 15.6. The van der Waals surface area contributed by atoms with E-state index in [0.717, 1.165) is 4.88 Å². The highest BCUT2D eigenvalue weighted by Gasteiger charge is 2.26. The molecule has 0 saturated carbocycles. The molecule has 1 fully saturated rings. The molecular formula is C15H16N4O3S. The van der Waals surface area contributed by atoms with Crippen molar-refractivity contribution in [3.8, 4) is 16.8 Å². The van der Waals surface area contributed by atoms with Gasteiger partial charge < -0.3 is 14.2 Å². The molecule has 7 nitrogen and oxygen atoms in total. The second kappa shape index (κ2) is 7.35. The van der Waals surface area contributed by atoms with Crippen molar-refractivity contribution in [1.82, 2.24) is 15.0 Å². The van der Waals surface area contributed by atoms with Crippen molar-refractivity contribution in [2.75, 3.05) is 19.8 Å². The average molecular weight is 332 g/mol. The van der Waals surface area contributed by atoms with Gasteiger partial charge >= 0.3 is 0 Å². The largest absolute Gasteiger partial charge is 0.376 e. The van der Waals surface area contributed by atoms with E-state index in [1.54, 1.807) is 16.2 Å². The highest BCUT2D eigenvalue weighted by Crippen LogP contribution is 2.21. The summed E-state index contributed by atoms with van der Waals surface area (Å²) in [5, 5.41) is 14.9. The highest BCUT2D eigenvalue weighted by molar-refractivity contribution is 7.13. The summed E-state index contributed by atoms with van der Waals surface area (Å²) >= 11 is 1.55. The number of ether oxygens (including phenoxy) is 1. The number of aromatic nitrogens is 2. The second-order valence-electron chi connectivity index (χ2n) is 5.15. The van der Waals surface area contributed by atoms with Crippen LogP contribution in [0, 0.1) is 11.3 Å². The van der Waals surface area contributed by atoms with Crippen molar-refractivity contribution in [2.24, 2.45) is 0 Å². The van der Waals surface area contributed by atoms with Gasteiger partial charge in [-0.15, -0.1) is 11.3 Å². The smallest absolute Gasteiger partial charge is 0.226 e. The summed E-state index contributed by atoms with van der Waals surface area (Å²) in [4.78, 5) is 19.1. The number of carbonyl (C=O) groups is 1. The molecular weight excluding hydrogens is 316 g/mol. The van der Waals surface area contributed by atoms with E-state index in [1.165, 1.54) is 0 Å². The Kier molecular flexibility index (Phi) is 5.00. The van der Waals surface area contributed by atoms with Gasteiger partial charge in [-0.05, 0) is 17.9 Å². The van der Waals surface area contributed by atoms with E-state index in [1.807, 2.05) is 17.5 Å². The summed E-state index contributed by atoms with van der Waals surface area (Å²) in [6.45, 7) is 1.24. The lowest BCUT2D eigenvalue weighted by atomic mass is 10.1. The molecule has 1 aliphatic heterocycles. The standard InChI is InChI=1S/C15H16N4O3S/c16-9-11-10-21-7-6-19(11)14(20)5-1-4-13-17-15(18-22-13)12-3-2-8-23-12/h2-3,8,11H,1,4-7,10H2. The van der Waals surface area contributed by atoms with Gasteiger partial charge in [0.05, 0.1) is 24.2 Å². The van der Waals surface area contributed by atoms with Crippen LogP contribution in [0.15, 0.2) is 22.0 Å². The monoisotopic (exact) mass is 332 g/mol. The Labute approximate surface area is 137 Å². The van der Waals surface area contributed by atoms with Crippen LogP contribution >= 0.6 is 11.3 Å². The number of morpholine rings is 1. The summed E-state index contributed by atoms with van der Waals surface area (Å²) in [5.41, 5.74) is 0. The van der Waals surface area contributed by atoms with Crippen LogP contribution in [0.2, 0.25) is 0 Å². The number of hydrogen-bond donors (Lipinski definition) is 0. The van der Waals surface area contributed by atoms with Crippen LogP contribution in [-0.4, -0.2) is 46.7 Å². The van der Waals surface area contributed by atoms with E-state index in [-0.39, 0.29) is 12.5 Å². The molecule has 0 bridgehead atoms. The molecule has 23 heavy (non-hydrogen) atoms. The van der Waals surface area contributed by atoms with Gasteiger partial charge in [0.1, 0.15) is 6.04 Å². The predicted molar refractivity (Wildman–Crippen MR) is 82.5 cm³/mol. The van der Waals surface area contributed by atoms with E-state index >= 15 is 0 Å². The quantitative estimate of drug-likeness (QED) is 0.830. The zero-order chi connectivity index (χ0) is 16.1. The molecule has 1 saturated heterocycles. The SMILES string of the molecule is N#CC1COCCN1C(=O)CCCc1nc(-c2cccs2)no1. The molecule has 3 rings (SSSR count). The molecule has 1 aliphatic rings. The molecule has 2 aromatic heterocycles. The molecule has 0 radical (unpaired) electrons. The zero-order valence-electron chi connectivity index (χ0n) is 12.5. The Morgan fingerprint density at radius 3 is 3.26 bits per heavy atom. The lowest BCUT2D eigenvalue weighted by Gasteiger charge is -2.31. The minimum Gasteiger partial charge on any atom is -0.376 e. The number of hydrogen-bond acceptors (Lipinski definition) is 7. The van der Waals surface area contributed by atoms with Crippen LogP contribution in [-0.2, 0) is 16.0 Å². The fourth-order valence-electron chi connectivity index (χ4n) is 2.41. The number of rotatable bonds is 5. The van der Waals surface area contributed by atoms with E-state index in [2.05, 4.69) is 16.2 Å². The van der Waals surface area contributed by atoms with Crippen LogP contribution in [0.4, 0.5) is 0 Å². The Hall–Kier alpha value is -2.24. The highest BCUT2D eigenvalue weighted by atomic mass is 32.1. The van der Waals surface area contributed by atoms with Crippen LogP contribution in [0.3, 0.4) is 0 Å². The first-order valence-corrected chi connectivity index (χ1v) is 8.29. The van der Waals surface area contributed by atoms with Gasteiger partial charge in [0.25, 0.3) is 0 Å². The van der Waals surface area contributed by atoms with Crippen molar-refractivity contribution in [1.29, 1.82) is 5.26 Å². The summed E-state index contributed by atoms with van der Waals surface area (Å²) in [6, 6.07) is 5.49. The zero-order valence-corrected chi connectivity index (χ0v) is 13.3. The maximum absolute atomic E-state index is 12.2. The summed E-state index contributed by atoms with van der Waals surface area (Å²) in [5.74, 6) is 1.08. The van der Waals surface area contributed by atoms with Gasteiger partial charge in [-0.25, -0.2) is 0 Å². The minimum absolute atomic E-state index is 0.0298. The molecule has 0 aromatic carbocycles. The molecule has 120 valence electrons. The van der Waals surface area contributed by atoms with Crippen LogP contribution in [0.1, 0.15) is 18.7 Å². The van der Waals surface area contributed by atoms with Crippen LogP contribution in [0.5, 0.6) is 0 Å². The normalized spacial score (nSPS) is 17.9. The molecule has 3 heterocycles. The third kappa shape index (κ3) is 3.75. The number of nitriles is 1.